The van der Waals surface area contributed by atoms with Crippen molar-refractivity contribution < 1.29 is 43.9 Å². The summed E-state index contributed by atoms with van der Waals surface area (Å²) in [7, 11) is 0. The van der Waals surface area contributed by atoms with Crippen molar-refractivity contribution >= 4 is 17.6 Å². The Morgan fingerprint density at radius 1 is 0.682 bits per heavy atom. The Bertz CT molecular complexity index is 552. The number of halogens is 10. The monoisotopic (exact) mass is 358 g/mol. The highest BCUT2D eigenvalue weighted by Gasteiger charge is 2.73. The van der Waals surface area contributed by atoms with E-state index >= 15 is 0 Å². The molecule has 0 unspecified atom stereocenters. The van der Waals surface area contributed by atoms with Crippen molar-refractivity contribution in [3.05, 3.63) is 34.9 Å². The van der Waals surface area contributed by atoms with Crippen molar-refractivity contribution in [2.45, 2.75) is 24.2 Å². The number of thiocarbonyl (C=S) groups is 1. The van der Waals surface area contributed by atoms with E-state index in [-0.39, 0.29) is 12.1 Å². The fourth-order valence-corrected chi connectivity index (χ4v) is 1.71. The zero-order valence-corrected chi connectivity index (χ0v) is 10.8. The molecule has 0 spiro atoms. The Morgan fingerprint density at radius 3 is 1.41 bits per heavy atom. The second kappa shape index (κ2) is 5.36. The third kappa shape index (κ3) is 3.18. The SMILES string of the molecule is FC(F)(F)c1cc(C=S)cc(C(F)(C(F)(F)F)C(F)(F)F)c1. The molecule has 124 valence electrons. The number of alkyl halides is 10. The molecule has 0 heterocycles. The van der Waals surface area contributed by atoms with E-state index in [1.54, 1.807) is 0 Å². The molecule has 0 saturated heterocycles. The molecule has 22 heavy (non-hydrogen) atoms. The molecule has 0 aliphatic rings. The summed E-state index contributed by atoms with van der Waals surface area (Å²) in [5, 5.41) is 0.409. The van der Waals surface area contributed by atoms with Crippen molar-refractivity contribution in [2.75, 3.05) is 0 Å². The maximum Gasteiger partial charge on any atom is 0.435 e. The van der Waals surface area contributed by atoms with Gasteiger partial charge >= 0.3 is 24.2 Å². The van der Waals surface area contributed by atoms with Crippen molar-refractivity contribution in [1.29, 1.82) is 0 Å². The third-order valence-corrected chi connectivity index (χ3v) is 2.87. The summed E-state index contributed by atoms with van der Waals surface area (Å²) in [6.45, 7) is 0. The minimum absolute atomic E-state index is 0.0246. The summed E-state index contributed by atoms with van der Waals surface area (Å²) in [4.78, 5) is 0. The van der Waals surface area contributed by atoms with Crippen molar-refractivity contribution in [3.63, 3.8) is 0 Å². The fraction of sp³-hybridized carbons (Fsp3) is 0.364. The van der Waals surface area contributed by atoms with Crippen LogP contribution < -0.4 is 0 Å². The molecular formula is C11H4F10S. The van der Waals surface area contributed by atoms with E-state index in [9.17, 15) is 43.9 Å². The van der Waals surface area contributed by atoms with Gasteiger partial charge in [0.05, 0.1) is 5.56 Å². The zero-order chi connectivity index (χ0) is 17.6. The molecule has 0 aliphatic heterocycles. The van der Waals surface area contributed by atoms with Gasteiger partial charge in [0.1, 0.15) is 0 Å². The van der Waals surface area contributed by atoms with Crippen LogP contribution in [0.2, 0.25) is 0 Å². The summed E-state index contributed by atoms with van der Waals surface area (Å²) in [5.41, 5.74) is -10.9. The van der Waals surface area contributed by atoms with Gasteiger partial charge < -0.3 is 0 Å². The highest BCUT2D eigenvalue weighted by Crippen LogP contribution is 2.53. The van der Waals surface area contributed by atoms with Crippen LogP contribution in [-0.4, -0.2) is 17.7 Å². The largest absolute Gasteiger partial charge is 0.435 e. The maximum atomic E-state index is 13.8. The average Bonchev–Trinajstić information content (AvgIpc) is 2.33. The molecule has 0 aliphatic carbocycles. The molecule has 0 fully saturated rings. The zero-order valence-electron chi connectivity index (χ0n) is 10.00. The molecule has 0 bridgehead atoms. The first-order valence-electron chi connectivity index (χ1n) is 5.15. The lowest BCUT2D eigenvalue weighted by Gasteiger charge is -2.31. The summed E-state index contributed by atoms with van der Waals surface area (Å²) in [5.74, 6) is 0. The van der Waals surface area contributed by atoms with Gasteiger partial charge in [-0.2, -0.15) is 39.5 Å². The van der Waals surface area contributed by atoms with Crippen molar-refractivity contribution in [2.24, 2.45) is 0 Å². The highest BCUT2D eigenvalue weighted by atomic mass is 32.1. The van der Waals surface area contributed by atoms with Gasteiger partial charge in [0.2, 0.25) is 0 Å². The number of hydrogen-bond acceptors (Lipinski definition) is 1. The van der Waals surface area contributed by atoms with Crippen LogP contribution in [0.3, 0.4) is 0 Å². The van der Waals surface area contributed by atoms with Crippen molar-refractivity contribution in [3.8, 4) is 0 Å². The summed E-state index contributed by atoms with van der Waals surface area (Å²) < 4.78 is 127. The second-order valence-corrected chi connectivity index (χ2v) is 4.35. The first kappa shape index (κ1) is 18.7. The molecular weight excluding hydrogens is 354 g/mol. The van der Waals surface area contributed by atoms with Crippen LogP contribution in [0.25, 0.3) is 0 Å². The molecule has 1 aromatic rings. The van der Waals surface area contributed by atoms with E-state index in [1.807, 2.05) is 0 Å². The number of hydrogen-bond donors (Lipinski definition) is 0. The first-order chi connectivity index (χ1) is 9.64. The van der Waals surface area contributed by atoms with Gasteiger partial charge in [-0.3, -0.25) is 0 Å². The van der Waals surface area contributed by atoms with E-state index in [0.29, 0.717) is 5.37 Å². The lowest BCUT2D eigenvalue weighted by molar-refractivity contribution is -0.348. The number of rotatable bonds is 2. The lowest BCUT2D eigenvalue weighted by Crippen LogP contribution is -2.50. The Balaban J connectivity index is 3.75. The van der Waals surface area contributed by atoms with Gasteiger partial charge in [-0.25, -0.2) is 4.39 Å². The van der Waals surface area contributed by atoms with Gasteiger partial charge in [-0.05, 0) is 23.8 Å². The lowest BCUT2D eigenvalue weighted by atomic mass is 9.91. The molecule has 11 heteroatoms. The normalized spacial score (nSPS) is 14.1. The predicted octanol–water partition coefficient (Wildman–Crippen LogP) is 5.34. The quantitative estimate of drug-likeness (QED) is 0.508. The van der Waals surface area contributed by atoms with E-state index in [1.165, 1.54) is 0 Å². The highest BCUT2D eigenvalue weighted by molar-refractivity contribution is 7.79. The molecule has 0 N–H and O–H groups in total. The maximum absolute atomic E-state index is 13.8. The van der Waals surface area contributed by atoms with Gasteiger partial charge in [0.25, 0.3) is 0 Å². The van der Waals surface area contributed by atoms with Gasteiger partial charge in [-0.1, -0.05) is 12.2 Å². The smallest absolute Gasteiger partial charge is 0.218 e. The predicted molar refractivity (Wildman–Crippen MR) is 59.1 cm³/mol. The molecule has 0 nitrogen and oxygen atoms in total. The van der Waals surface area contributed by atoms with Gasteiger partial charge in [0.15, 0.2) is 0 Å². The molecule has 0 amide bonds. The van der Waals surface area contributed by atoms with Crippen LogP contribution in [0.4, 0.5) is 43.9 Å². The Labute approximate surface area is 121 Å². The standard InChI is InChI=1S/C11H4F10S/c12-8(10(16,17)18,11(19,20)21)6-1-5(4-22)2-7(3-6)9(13,14)15/h1-4H. The van der Waals surface area contributed by atoms with Gasteiger partial charge in [0, 0.05) is 10.9 Å². The van der Waals surface area contributed by atoms with Gasteiger partial charge in [-0.15, -0.1) is 0 Å². The Hall–Kier alpha value is -1.39. The van der Waals surface area contributed by atoms with E-state index in [4.69, 9.17) is 0 Å². The summed E-state index contributed by atoms with van der Waals surface area (Å²) >= 11 is 4.19. The summed E-state index contributed by atoms with van der Waals surface area (Å²) in [6.07, 6.45) is -18.3. The molecule has 0 atom stereocenters. The minimum atomic E-state index is -6.51. The number of benzene rings is 1. The third-order valence-electron chi connectivity index (χ3n) is 2.60. The molecule has 0 saturated carbocycles. The van der Waals surface area contributed by atoms with E-state index in [0.717, 1.165) is 0 Å². The van der Waals surface area contributed by atoms with Crippen LogP contribution in [0.15, 0.2) is 18.2 Å². The average molecular weight is 358 g/mol. The van der Waals surface area contributed by atoms with Crippen LogP contribution in [-0.2, 0) is 11.8 Å². The fourth-order valence-electron chi connectivity index (χ4n) is 1.57. The Morgan fingerprint density at radius 2 is 1.09 bits per heavy atom. The summed E-state index contributed by atoms with van der Waals surface area (Å²) in [6, 6.07) is -0.351. The van der Waals surface area contributed by atoms with Crippen LogP contribution >= 0.6 is 12.2 Å². The first-order valence-corrected chi connectivity index (χ1v) is 5.62. The Kier molecular flexibility index (Phi) is 4.54. The molecule has 0 radical (unpaired) electrons. The molecule has 1 rings (SSSR count). The van der Waals surface area contributed by atoms with Crippen LogP contribution in [0, 0.1) is 0 Å². The van der Waals surface area contributed by atoms with E-state index in [2.05, 4.69) is 12.2 Å². The van der Waals surface area contributed by atoms with Crippen LogP contribution in [0.5, 0.6) is 0 Å². The second-order valence-electron chi connectivity index (χ2n) is 4.11. The van der Waals surface area contributed by atoms with Crippen molar-refractivity contribution in [1.82, 2.24) is 0 Å². The van der Waals surface area contributed by atoms with E-state index < -0.39 is 47.0 Å². The molecule has 0 aromatic heterocycles. The topological polar surface area (TPSA) is 0 Å². The molecule has 1 aromatic carbocycles. The van der Waals surface area contributed by atoms with Crippen LogP contribution in [0.1, 0.15) is 16.7 Å². The minimum Gasteiger partial charge on any atom is -0.218 e.